The highest BCUT2D eigenvalue weighted by atomic mass is 16.5. The van der Waals surface area contributed by atoms with E-state index in [4.69, 9.17) is 10.5 Å². The summed E-state index contributed by atoms with van der Waals surface area (Å²) in [5.41, 5.74) is 9.35. The lowest BCUT2D eigenvalue weighted by Gasteiger charge is -2.06. The number of benzene rings is 2. The molecule has 0 bridgehead atoms. The fraction of sp³-hybridized carbons (Fsp3) is 0.188. The molecule has 2 rings (SSSR count). The van der Waals surface area contributed by atoms with Crippen LogP contribution in [0.3, 0.4) is 0 Å². The van der Waals surface area contributed by atoms with Gasteiger partial charge in [0.2, 0.25) is 0 Å². The Morgan fingerprint density at radius 1 is 1.11 bits per heavy atom. The van der Waals surface area contributed by atoms with Crippen molar-refractivity contribution in [1.82, 2.24) is 0 Å². The SMILES string of the molecule is Cc1cccc(COC(=O)Cc2cccc(N)c2)c1. The molecule has 0 saturated carbocycles. The summed E-state index contributed by atoms with van der Waals surface area (Å²) in [7, 11) is 0. The zero-order chi connectivity index (χ0) is 13.7. The Labute approximate surface area is 113 Å². The molecule has 3 nitrogen and oxygen atoms in total. The van der Waals surface area contributed by atoms with E-state index in [2.05, 4.69) is 0 Å². The minimum atomic E-state index is -0.243. The first-order chi connectivity index (χ1) is 9.13. The van der Waals surface area contributed by atoms with Gasteiger partial charge in [-0.05, 0) is 30.2 Å². The van der Waals surface area contributed by atoms with E-state index in [1.165, 1.54) is 0 Å². The Morgan fingerprint density at radius 2 is 1.84 bits per heavy atom. The summed E-state index contributed by atoms with van der Waals surface area (Å²) in [5, 5.41) is 0. The van der Waals surface area contributed by atoms with E-state index in [-0.39, 0.29) is 12.4 Å². The predicted molar refractivity (Wildman–Crippen MR) is 75.5 cm³/mol. The van der Waals surface area contributed by atoms with Crippen molar-refractivity contribution in [2.75, 3.05) is 5.73 Å². The molecule has 0 aliphatic heterocycles. The first-order valence-electron chi connectivity index (χ1n) is 6.19. The zero-order valence-electron chi connectivity index (χ0n) is 10.9. The van der Waals surface area contributed by atoms with E-state index in [0.717, 1.165) is 16.7 Å². The number of hydrogen-bond acceptors (Lipinski definition) is 3. The van der Waals surface area contributed by atoms with E-state index in [1.54, 1.807) is 12.1 Å². The lowest BCUT2D eigenvalue weighted by Crippen LogP contribution is -2.08. The van der Waals surface area contributed by atoms with Crippen LogP contribution in [0.15, 0.2) is 48.5 Å². The van der Waals surface area contributed by atoms with Crippen LogP contribution in [-0.2, 0) is 22.6 Å². The molecule has 0 aliphatic carbocycles. The van der Waals surface area contributed by atoms with Gasteiger partial charge in [-0.1, -0.05) is 42.0 Å². The molecular weight excluding hydrogens is 238 g/mol. The van der Waals surface area contributed by atoms with Gasteiger partial charge in [0.1, 0.15) is 6.61 Å². The van der Waals surface area contributed by atoms with Crippen molar-refractivity contribution >= 4 is 11.7 Å². The highest BCUT2D eigenvalue weighted by Gasteiger charge is 2.05. The second-order valence-electron chi connectivity index (χ2n) is 4.57. The molecule has 0 fully saturated rings. The first-order valence-corrected chi connectivity index (χ1v) is 6.19. The average Bonchev–Trinajstić information content (AvgIpc) is 2.36. The largest absolute Gasteiger partial charge is 0.461 e. The smallest absolute Gasteiger partial charge is 0.310 e. The maximum atomic E-state index is 11.7. The van der Waals surface area contributed by atoms with Gasteiger partial charge < -0.3 is 10.5 Å². The number of esters is 1. The van der Waals surface area contributed by atoms with E-state index in [9.17, 15) is 4.79 Å². The van der Waals surface area contributed by atoms with Crippen LogP contribution in [0.2, 0.25) is 0 Å². The summed E-state index contributed by atoms with van der Waals surface area (Å²) in [5.74, 6) is -0.243. The van der Waals surface area contributed by atoms with Crippen molar-refractivity contribution in [3.63, 3.8) is 0 Å². The number of hydrogen-bond donors (Lipinski definition) is 1. The minimum Gasteiger partial charge on any atom is -0.461 e. The molecule has 0 unspecified atom stereocenters. The highest BCUT2D eigenvalue weighted by molar-refractivity contribution is 5.73. The fourth-order valence-electron chi connectivity index (χ4n) is 1.89. The van der Waals surface area contributed by atoms with E-state index in [0.29, 0.717) is 12.3 Å². The maximum absolute atomic E-state index is 11.7. The summed E-state index contributed by atoms with van der Waals surface area (Å²) >= 11 is 0. The number of anilines is 1. The molecule has 0 radical (unpaired) electrons. The van der Waals surface area contributed by atoms with Gasteiger partial charge in [0.15, 0.2) is 0 Å². The molecule has 2 aromatic carbocycles. The fourth-order valence-corrected chi connectivity index (χ4v) is 1.89. The van der Waals surface area contributed by atoms with Gasteiger partial charge in [0.05, 0.1) is 6.42 Å². The third-order valence-electron chi connectivity index (χ3n) is 2.78. The second kappa shape index (κ2) is 6.05. The molecule has 0 spiro atoms. The Bertz CT molecular complexity index is 578. The number of nitrogens with two attached hydrogens (primary N) is 1. The van der Waals surface area contributed by atoms with Crippen LogP contribution in [0.4, 0.5) is 5.69 Å². The van der Waals surface area contributed by atoms with Crippen molar-refractivity contribution in [2.45, 2.75) is 20.0 Å². The van der Waals surface area contributed by atoms with Crippen LogP contribution in [0.5, 0.6) is 0 Å². The van der Waals surface area contributed by atoms with Gasteiger partial charge in [0.25, 0.3) is 0 Å². The summed E-state index contributed by atoms with van der Waals surface area (Å²) in [6.45, 7) is 2.32. The molecule has 2 N–H and O–H groups in total. The Hall–Kier alpha value is -2.29. The first kappa shape index (κ1) is 13.1. The van der Waals surface area contributed by atoms with Gasteiger partial charge in [-0.2, -0.15) is 0 Å². The standard InChI is InChI=1S/C16H17NO2/c1-12-4-2-6-14(8-12)11-19-16(18)10-13-5-3-7-15(17)9-13/h2-9H,10-11,17H2,1H3. The van der Waals surface area contributed by atoms with Crippen LogP contribution in [0, 0.1) is 6.92 Å². The van der Waals surface area contributed by atoms with Gasteiger partial charge in [-0.15, -0.1) is 0 Å². The normalized spacial score (nSPS) is 10.2. The summed E-state index contributed by atoms with van der Waals surface area (Å²) in [6, 6.07) is 15.2. The van der Waals surface area contributed by atoms with Crippen molar-refractivity contribution in [1.29, 1.82) is 0 Å². The molecule has 98 valence electrons. The number of aryl methyl sites for hydroxylation is 1. The van der Waals surface area contributed by atoms with Crippen LogP contribution in [-0.4, -0.2) is 5.97 Å². The molecular formula is C16H17NO2. The number of carbonyl (C=O) groups is 1. The van der Waals surface area contributed by atoms with Gasteiger partial charge in [-0.3, -0.25) is 4.79 Å². The zero-order valence-corrected chi connectivity index (χ0v) is 10.9. The summed E-state index contributed by atoms with van der Waals surface area (Å²) in [6.07, 6.45) is 0.247. The van der Waals surface area contributed by atoms with E-state index < -0.39 is 0 Å². The Kier molecular flexibility index (Phi) is 4.18. The molecule has 2 aromatic rings. The lowest BCUT2D eigenvalue weighted by atomic mass is 10.1. The number of ether oxygens (including phenoxy) is 1. The number of rotatable bonds is 4. The van der Waals surface area contributed by atoms with Crippen LogP contribution < -0.4 is 5.73 Å². The Morgan fingerprint density at radius 3 is 2.58 bits per heavy atom. The quantitative estimate of drug-likeness (QED) is 0.675. The van der Waals surface area contributed by atoms with Gasteiger partial charge >= 0.3 is 5.97 Å². The number of carbonyl (C=O) groups excluding carboxylic acids is 1. The van der Waals surface area contributed by atoms with Crippen LogP contribution >= 0.6 is 0 Å². The van der Waals surface area contributed by atoms with E-state index in [1.807, 2.05) is 43.3 Å². The summed E-state index contributed by atoms with van der Waals surface area (Å²) in [4.78, 5) is 11.7. The lowest BCUT2D eigenvalue weighted by molar-refractivity contribution is -0.144. The Balaban J connectivity index is 1.88. The molecule has 3 heteroatoms. The molecule has 19 heavy (non-hydrogen) atoms. The molecule has 0 aromatic heterocycles. The topological polar surface area (TPSA) is 52.3 Å². The number of nitrogen functional groups attached to an aromatic ring is 1. The molecule has 0 atom stereocenters. The molecule has 0 amide bonds. The second-order valence-corrected chi connectivity index (χ2v) is 4.57. The van der Waals surface area contributed by atoms with Crippen molar-refractivity contribution in [3.8, 4) is 0 Å². The third-order valence-corrected chi connectivity index (χ3v) is 2.78. The van der Waals surface area contributed by atoms with Gasteiger partial charge in [-0.25, -0.2) is 0 Å². The van der Waals surface area contributed by atoms with E-state index >= 15 is 0 Å². The van der Waals surface area contributed by atoms with Gasteiger partial charge in [0, 0.05) is 5.69 Å². The van der Waals surface area contributed by atoms with Crippen LogP contribution in [0.1, 0.15) is 16.7 Å². The van der Waals surface area contributed by atoms with Crippen molar-refractivity contribution < 1.29 is 9.53 Å². The van der Waals surface area contributed by atoms with Crippen LogP contribution in [0.25, 0.3) is 0 Å². The molecule has 0 heterocycles. The minimum absolute atomic E-state index is 0.243. The monoisotopic (exact) mass is 255 g/mol. The molecule has 0 aliphatic rings. The maximum Gasteiger partial charge on any atom is 0.310 e. The average molecular weight is 255 g/mol. The molecule has 0 saturated heterocycles. The predicted octanol–water partition coefficient (Wildman–Crippen LogP) is 2.86. The highest BCUT2D eigenvalue weighted by Crippen LogP contribution is 2.09. The van der Waals surface area contributed by atoms with Crippen molar-refractivity contribution in [3.05, 3.63) is 65.2 Å². The third kappa shape index (κ3) is 4.14. The van der Waals surface area contributed by atoms with Crippen molar-refractivity contribution in [2.24, 2.45) is 0 Å². The summed E-state index contributed by atoms with van der Waals surface area (Å²) < 4.78 is 5.25.